The highest BCUT2D eigenvalue weighted by molar-refractivity contribution is 6.30. The second-order valence-electron chi connectivity index (χ2n) is 5.70. The van der Waals surface area contributed by atoms with Gasteiger partial charge in [-0.15, -0.1) is 0 Å². The molecule has 2 bridgehead atoms. The first-order valence-corrected chi connectivity index (χ1v) is 7.14. The van der Waals surface area contributed by atoms with E-state index in [1.807, 2.05) is 12.1 Å². The summed E-state index contributed by atoms with van der Waals surface area (Å²) in [4.78, 5) is 0. The topological polar surface area (TPSA) is 12.0 Å². The Kier molecular flexibility index (Phi) is 3.39. The molecule has 0 aromatic heterocycles. The molecule has 0 amide bonds. The lowest BCUT2D eigenvalue weighted by molar-refractivity contribution is 0.318. The van der Waals surface area contributed by atoms with E-state index in [1.165, 1.54) is 37.8 Å². The smallest absolute Gasteiger partial charge is 0.0409 e. The van der Waals surface area contributed by atoms with Crippen molar-refractivity contribution in [1.82, 2.24) is 5.32 Å². The van der Waals surface area contributed by atoms with Crippen LogP contribution in [0.3, 0.4) is 0 Å². The van der Waals surface area contributed by atoms with E-state index in [0.717, 1.165) is 29.3 Å². The van der Waals surface area contributed by atoms with Crippen LogP contribution in [0.1, 0.15) is 31.2 Å². The molecule has 2 aliphatic rings. The fourth-order valence-electron chi connectivity index (χ4n) is 3.68. The monoisotopic (exact) mass is 249 g/mol. The molecule has 1 N–H and O–H groups in total. The fraction of sp³-hybridized carbons (Fsp3) is 0.600. The molecule has 2 heteroatoms. The highest BCUT2D eigenvalue weighted by Gasteiger charge is 2.38. The van der Waals surface area contributed by atoms with Gasteiger partial charge in [0.1, 0.15) is 0 Å². The Balaban J connectivity index is 1.46. The van der Waals surface area contributed by atoms with Gasteiger partial charge >= 0.3 is 0 Å². The summed E-state index contributed by atoms with van der Waals surface area (Å²) in [5.74, 6) is 3.01. The predicted molar refractivity (Wildman–Crippen MR) is 72.1 cm³/mol. The van der Waals surface area contributed by atoms with Gasteiger partial charge in [0.15, 0.2) is 0 Å². The SMILES string of the molecule is Clc1cccc(CNCC2CC3CCC2C3)c1. The third-order valence-corrected chi connectivity index (χ3v) is 4.74. The summed E-state index contributed by atoms with van der Waals surface area (Å²) < 4.78 is 0. The summed E-state index contributed by atoms with van der Waals surface area (Å²) >= 11 is 5.97. The predicted octanol–water partition coefficient (Wildman–Crippen LogP) is 3.87. The van der Waals surface area contributed by atoms with Crippen LogP contribution >= 0.6 is 11.6 Å². The number of rotatable bonds is 4. The first-order valence-electron chi connectivity index (χ1n) is 6.76. The molecule has 0 aliphatic heterocycles. The van der Waals surface area contributed by atoms with Crippen LogP contribution in [0.5, 0.6) is 0 Å². The minimum atomic E-state index is 0.837. The number of halogens is 1. The minimum Gasteiger partial charge on any atom is -0.312 e. The van der Waals surface area contributed by atoms with Crippen LogP contribution in [-0.2, 0) is 6.54 Å². The van der Waals surface area contributed by atoms with Gasteiger partial charge in [0.05, 0.1) is 0 Å². The van der Waals surface area contributed by atoms with Crippen LogP contribution in [0.25, 0.3) is 0 Å². The number of benzene rings is 1. The lowest BCUT2D eigenvalue weighted by Crippen LogP contribution is -2.26. The standard InChI is InChI=1S/C15H20ClN/c16-15-3-1-2-12(8-15)9-17-10-14-7-11-4-5-13(14)6-11/h1-3,8,11,13-14,17H,4-7,9-10H2. The van der Waals surface area contributed by atoms with Crippen molar-refractivity contribution in [2.75, 3.05) is 6.54 Å². The van der Waals surface area contributed by atoms with E-state index in [9.17, 15) is 0 Å². The normalized spacial score (nSPS) is 31.0. The van der Waals surface area contributed by atoms with Crippen LogP contribution in [0.4, 0.5) is 0 Å². The van der Waals surface area contributed by atoms with Crippen molar-refractivity contribution in [2.24, 2.45) is 17.8 Å². The van der Waals surface area contributed by atoms with E-state index in [0.29, 0.717) is 0 Å². The van der Waals surface area contributed by atoms with E-state index in [1.54, 1.807) is 0 Å². The molecule has 1 aromatic carbocycles. The molecule has 92 valence electrons. The van der Waals surface area contributed by atoms with Gasteiger partial charge < -0.3 is 5.32 Å². The average Bonchev–Trinajstić information content (AvgIpc) is 2.91. The second-order valence-corrected chi connectivity index (χ2v) is 6.13. The number of hydrogen-bond donors (Lipinski definition) is 1. The third-order valence-electron chi connectivity index (χ3n) is 4.51. The average molecular weight is 250 g/mol. The molecule has 1 nitrogen and oxygen atoms in total. The van der Waals surface area contributed by atoms with Crippen molar-refractivity contribution < 1.29 is 0 Å². The molecule has 3 rings (SSSR count). The zero-order valence-electron chi connectivity index (χ0n) is 10.2. The highest BCUT2D eigenvalue weighted by atomic mass is 35.5. The maximum atomic E-state index is 5.97. The molecule has 0 radical (unpaired) electrons. The van der Waals surface area contributed by atoms with Gasteiger partial charge in [0.25, 0.3) is 0 Å². The van der Waals surface area contributed by atoms with Gasteiger partial charge in [-0.25, -0.2) is 0 Å². The Labute approximate surface area is 109 Å². The maximum Gasteiger partial charge on any atom is 0.0409 e. The van der Waals surface area contributed by atoms with E-state index >= 15 is 0 Å². The number of nitrogens with one attached hydrogen (secondary N) is 1. The highest BCUT2D eigenvalue weighted by Crippen LogP contribution is 2.47. The minimum absolute atomic E-state index is 0.837. The second kappa shape index (κ2) is 4.99. The summed E-state index contributed by atoms with van der Waals surface area (Å²) in [6.45, 7) is 2.14. The Hall–Kier alpha value is -0.530. The van der Waals surface area contributed by atoms with E-state index in [4.69, 9.17) is 11.6 Å². The van der Waals surface area contributed by atoms with Gasteiger partial charge in [0, 0.05) is 11.6 Å². The van der Waals surface area contributed by atoms with Crippen molar-refractivity contribution in [3.63, 3.8) is 0 Å². The van der Waals surface area contributed by atoms with Gasteiger partial charge in [-0.1, -0.05) is 30.2 Å². The molecule has 17 heavy (non-hydrogen) atoms. The molecule has 2 saturated carbocycles. The molecule has 3 atom stereocenters. The fourth-order valence-corrected chi connectivity index (χ4v) is 3.89. The number of hydrogen-bond acceptors (Lipinski definition) is 1. The summed E-state index contributed by atoms with van der Waals surface area (Å²) in [5, 5.41) is 4.43. The molecule has 1 aromatic rings. The molecular weight excluding hydrogens is 230 g/mol. The Morgan fingerprint density at radius 3 is 2.88 bits per heavy atom. The molecular formula is C15H20ClN. The largest absolute Gasteiger partial charge is 0.312 e. The lowest BCUT2D eigenvalue weighted by atomic mass is 9.89. The van der Waals surface area contributed by atoms with Crippen molar-refractivity contribution >= 4 is 11.6 Å². The van der Waals surface area contributed by atoms with Crippen molar-refractivity contribution in [3.05, 3.63) is 34.9 Å². The van der Waals surface area contributed by atoms with Crippen molar-refractivity contribution in [3.8, 4) is 0 Å². The zero-order chi connectivity index (χ0) is 11.7. The zero-order valence-corrected chi connectivity index (χ0v) is 10.9. The van der Waals surface area contributed by atoms with E-state index < -0.39 is 0 Å². The van der Waals surface area contributed by atoms with Crippen molar-refractivity contribution in [2.45, 2.75) is 32.2 Å². The summed E-state index contributed by atoms with van der Waals surface area (Å²) in [6.07, 6.45) is 5.94. The molecule has 2 aliphatic carbocycles. The van der Waals surface area contributed by atoms with Gasteiger partial charge in [-0.3, -0.25) is 0 Å². The molecule has 0 saturated heterocycles. The first kappa shape index (κ1) is 11.6. The third kappa shape index (κ3) is 2.66. The van der Waals surface area contributed by atoms with Crippen LogP contribution in [0.15, 0.2) is 24.3 Å². The van der Waals surface area contributed by atoms with Gasteiger partial charge in [0.2, 0.25) is 0 Å². The summed E-state index contributed by atoms with van der Waals surface area (Å²) in [6, 6.07) is 8.15. The van der Waals surface area contributed by atoms with Crippen LogP contribution in [0.2, 0.25) is 5.02 Å². The number of fused-ring (bicyclic) bond motifs is 2. The maximum absolute atomic E-state index is 5.97. The van der Waals surface area contributed by atoms with Crippen LogP contribution in [-0.4, -0.2) is 6.54 Å². The van der Waals surface area contributed by atoms with Crippen LogP contribution < -0.4 is 5.32 Å². The van der Waals surface area contributed by atoms with Gasteiger partial charge in [-0.05, 0) is 61.3 Å². The lowest BCUT2D eigenvalue weighted by Gasteiger charge is -2.21. The van der Waals surface area contributed by atoms with E-state index in [-0.39, 0.29) is 0 Å². The molecule has 0 heterocycles. The Morgan fingerprint density at radius 1 is 1.24 bits per heavy atom. The molecule has 3 unspecified atom stereocenters. The molecule has 0 spiro atoms. The quantitative estimate of drug-likeness (QED) is 0.854. The van der Waals surface area contributed by atoms with Crippen molar-refractivity contribution in [1.29, 1.82) is 0 Å². The molecule has 2 fully saturated rings. The summed E-state index contributed by atoms with van der Waals surface area (Å²) in [5.41, 5.74) is 1.29. The van der Waals surface area contributed by atoms with Gasteiger partial charge in [-0.2, -0.15) is 0 Å². The van der Waals surface area contributed by atoms with Crippen LogP contribution in [0, 0.1) is 17.8 Å². The van der Waals surface area contributed by atoms with E-state index in [2.05, 4.69) is 17.4 Å². The summed E-state index contributed by atoms with van der Waals surface area (Å²) in [7, 11) is 0. The first-order chi connectivity index (χ1) is 8.31. The Bertz CT molecular complexity index is 390. The Morgan fingerprint density at radius 2 is 2.18 bits per heavy atom.